The van der Waals surface area contributed by atoms with Gasteiger partial charge in [-0.2, -0.15) is 0 Å². The molecular weight excluding hydrogens is 242 g/mol. The van der Waals surface area contributed by atoms with E-state index >= 15 is 0 Å². The van der Waals surface area contributed by atoms with Crippen molar-refractivity contribution in [1.82, 2.24) is 9.80 Å². The Morgan fingerprint density at radius 3 is 2.42 bits per heavy atom. The van der Waals surface area contributed by atoms with Crippen LogP contribution < -0.4 is 4.90 Å². The predicted octanol–water partition coefficient (Wildman–Crippen LogP) is 0.423. The molecule has 102 valence electrons. The first kappa shape index (κ1) is 13.5. The quantitative estimate of drug-likeness (QED) is 0.738. The standard InChI is InChI=1S/C14H19N3O2/c1-15(13-5-3-2-4-6-13)14(19)11-16-7-9-17(12-18)10-8-16/h2-6,12H,7-11H2,1H3. The molecule has 0 bridgehead atoms. The second-order valence-corrected chi connectivity index (χ2v) is 4.71. The summed E-state index contributed by atoms with van der Waals surface area (Å²) in [5, 5.41) is 0. The second-order valence-electron chi connectivity index (χ2n) is 4.71. The number of piperazine rings is 1. The molecule has 0 spiro atoms. The van der Waals surface area contributed by atoms with Gasteiger partial charge < -0.3 is 9.80 Å². The van der Waals surface area contributed by atoms with Gasteiger partial charge in [0.25, 0.3) is 0 Å². The van der Waals surface area contributed by atoms with Crippen molar-refractivity contribution in [2.75, 3.05) is 44.7 Å². The van der Waals surface area contributed by atoms with Crippen molar-refractivity contribution < 1.29 is 9.59 Å². The van der Waals surface area contributed by atoms with E-state index in [-0.39, 0.29) is 5.91 Å². The first-order chi connectivity index (χ1) is 9.20. The minimum absolute atomic E-state index is 0.0748. The fraction of sp³-hybridized carbons (Fsp3) is 0.429. The van der Waals surface area contributed by atoms with Crippen molar-refractivity contribution in [3.8, 4) is 0 Å². The molecule has 0 saturated carbocycles. The van der Waals surface area contributed by atoms with Gasteiger partial charge in [-0.1, -0.05) is 18.2 Å². The molecular formula is C14H19N3O2. The van der Waals surface area contributed by atoms with Gasteiger partial charge in [0.05, 0.1) is 6.54 Å². The van der Waals surface area contributed by atoms with Crippen molar-refractivity contribution in [2.45, 2.75) is 0 Å². The monoisotopic (exact) mass is 261 g/mol. The number of hydrogen-bond donors (Lipinski definition) is 0. The van der Waals surface area contributed by atoms with E-state index in [1.165, 1.54) is 0 Å². The van der Waals surface area contributed by atoms with E-state index in [1.807, 2.05) is 30.3 Å². The maximum Gasteiger partial charge on any atom is 0.240 e. The van der Waals surface area contributed by atoms with Crippen LogP contribution >= 0.6 is 0 Å². The van der Waals surface area contributed by atoms with E-state index in [1.54, 1.807) is 16.8 Å². The van der Waals surface area contributed by atoms with E-state index in [9.17, 15) is 9.59 Å². The molecule has 0 aromatic heterocycles. The normalized spacial score (nSPS) is 16.2. The Bertz CT molecular complexity index is 428. The highest BCUT2D eigenvalue weighted by Gasteiger charge is 2.19. The average Bonchev–Trinajstić information content (AvgIpc) is 2.48. The zero-order valence-electron chi connectivity index (χ0n) is 11.2. The number of benzene rings is 1. The molecule has 1 aliphatic heterocycles. The molecule has 1 aromatic carbocycles. The van der Waals surface area contributed by atoms with E-state index in [2.05, 4.69) is 4.90 Å². The van der Waals surface area contributed by atoms with Crippen molar-refractivity contribution in [3.05, 3.63) is 30.3 Å². The van der Waals surface area contributed by atoms with E-state index < -0.39 is 0 Å². The highest BCUT2D eigenvalue weighted by Crippen LogP contribution is 2.11. The smallest absolute Gasteiger partial charge is 0.240 e. The third kappa shape index (κ3) is 3.54. The van der Waals surface area contributed by atoms with E-state index in [0.29, 0.717) is 19.6 Å². The topological polar surface area (TPSA) is 43.9 Å². The lowest BCUT2D eigenvalue weighted by Gasteiger charge is -2.32. The molecule has 1 saturated heterocycles. The summed E-state index contributed by atoms with van der Waals surface area (Å²) in [5.41, 5.74) is 0.902. The van der Waals surface area contributed by atoms with Crippen molar-refractivity contribution >= 4 is 18.0 Å². The molecule has 19 heavy (non-hydrogen) atoms. The van der Waals surface area contributed by atoms with Gasteiger partial charge in [0.15, 0.2) is 0 Å². The SMILES string of the molecule is CN(C(=O)CN1CCN(C=O)CC1)c1ccccc1. The molecule has 1 aromatic rings. The van der Waals surface area contributed by atoms with Gasteiger partial charge in [-0.3, -0.25) is 14.5 Å². The minimum atomic E-state index is 0.0748. The summed E-state index contributed by atoms with van der Waals surface area (Å²) in [5.74, 6) is 0.0748. The lowest BCUT2D eigenvalue weighted by molar-refractivity contribution is -0.121. The van der Waals surface area contributed by atoms with Crippen molar-refractivity contribution in [3.63, 3.8) is 0 Å². The molecule has 1 heterocycles. The van der Waals surface area contributed by atoms with Crippen LogP contribution in [0.4, 0.5) is 5.69 Å². The Labute approximate surface area is 113 Å². The van der Waals surface area contributed by atoms with Crippen LogP contribution in [0.15, 0.2) is 30.3 Å². The lowest BCUT2D eigenvalue weighted by Crippen LogP contribution is -2.49. The third-order valence-electron chi connectivity index (χ3n) is 3.43. The molecule has 0 atom stereocenters. The van der Waals surface area contributed by atoms with E-state index in [0.717, 1.165) is 25.2 Å². The number of hydrogen-bond acceptors (Lipinski definition) is 3. The van der Waals surface area contributed by atoms with Crippen LogP contribution in [0, 0.1) is 0 Å². The summed E-state index contributed by atoms with van der Waals surface area (Å²) in [7, 11) is 1.79. The predicted molar refractivity (Wildman–Crippen MR) is 73.9 cm³/mol. The maximum atomic E-state index is 12.2. The molecule has 0 N–H and O–H groups in total. The first-order valence-electron chi connectivity index (χ1n) is 6.44. The Morgan fingerprint density at radius 2 is 1.84 bits per heavy atom. The van der Waals surface area contributed by atoms with Crippen LogP contribution in [0.25, 0.3) is 0 Å². The third-order valence-corrected chi connectivity index (χ3v) is 3.43. The molecule has 0 unspecified atom stereocenters. The Hall–Kier alpha value is -1.88. The summed E-state index contributed by atoms with van der Waals surface area (Å²) in [4.78, 5) is 28.3. The molecule has 5 nitrogen and oxygen atoms in total. The summed E-state index contributed by atoms with van der Waals surface area (Å²) < 4.78 is 0. The van der Waals surface area contributed by atoms with Crippen LogP contribution in [-0.2, 0) is 9.59 Å². The highest BCUT2D eigenvalue weighted by atomic mass is 16.2. The van der Waals surface area contributed by atoms with Gasteiger partial charge in [-0.25, -0.2) is 0 Å². The molecule has 1 fully saturated rings. The van der Waals surface area contributed by atoms with Crippen LogP contribution in [0.2, 0.25) is 0 Å². The average molecular weight is 261 g/mol. The number of likely N-dealkylation sites (N-methyl/N-ethyl adjacent to an activating group) is 1. The summed E-state index contributed by atoms with van der Waals surface area (Å²) in [6, 6.07) is 9.61. The maximum absolute atomic E-state index is 12.2. The van der Waals surface area contributed by atoms with Crippen molar-refractivity contribution in [2.24, 2.45) is 0 Å². The van der Waals surface area contributed by atoms with Crippen LogP contribution in [0.1, 0.15) is 0 Å². The summed E-state index contributed by atoms with van der Waals surface area (Å²) in [6.45, 7) is 3.32. The van der Waals surface area contributed by atoms with Gasteiger partial charge in [0, 0.05) is 38.9 Å². The van der Waals surface area contributed by atoms with E-state index in [4.69, 9.17) is 0 Å². The number of anilines is 1. The van der Waals surface area contributed by atoms with Crippen LogP contribution in [-0.4, -0.2) is 61.9 Å². The molecule has 0 aliphatic carbocycles. The first-order valence-corrected chi connectivity index (χ1v) is 6.44. The highest BCUT2D eigenvalue weighted by molar-refractivity contribution is 5.94. The molecule has 2 amide bonds. The fourth-order valence-corrected chi connectivity index (χ4v) is 2.12. The molecule has 1 aliphatic rings. The minimum Gasteiger partial charge on any atom is -0.343 e. The number of para-hydroxylation sites is 1. The Kier molecular flexibility index (Phi) is 4.52. The van der Waals surface area contributed by atoms with Gasteiger partial charge >= 0.3 is 0 Å². The largest absolute Gasteiger partial charge is 0.343 e. The summed E-state index contributed by atoms with van der Waals surface area (Å²) in [6.07, 6.45) is 0.870. The molecule has 5 heteroatoms. The van der Waals surface area contributed by atoms with Crippen molar-refractivity contribution in [1.29, 1.82) is 0 Å². The Balaban J connectivity index is 1.86. The Morgan fingerprint density at radius 1 is 1.21 bits per heavy atom. The lowest BCUT2D eigenvalue weighted by atomic mass is 10.3. The number of amides is 2. The zero-order chi connectivity index (χ0) is 13.7. The van der Waals surface area contributed by atoms with Gasteiger partial charge in [0.1, 0.15) is 0 Å². The van der Waals surface area contributed by atoms with Gasteiger partial charge in [-0.05, 0) is 12.1 Å². The second kappa shape index (κ2) is 6.33. The molecule has 0 radical (unpaired) electrons. The number of carbonyl (C=O) groups is 2. The number of rotatable bonds is 4. The van der Waals surface area contributed by atoms with Crippen LogP contribution in [0.3, 0.4) is 0 Å². The van der Waals surface area contributed by atoms with Gasteiger partial charge in [-0.15, -0.1) is 0 Å². The zero-order valence-corrected chi connectivity index (χ0v) is 11.2. The fourth-order valence-electron chi connectivity index (χ4n) is 2.12. The summed E-state index contributed by atoms with van der Waals surface area (Å²) >= 11 is 0. The van der Waals surface area contributed by atoms with Crippen LogP contribution in [0.5, 0.6) is 0 Å². The molecule has 2 rings (SSSR count). The number of nitrogens with zero attached hydrogens (tertiary/aromatic N) is 3. The van der Waals surface area contributed by atoms with Gasteiger partial charge in [0.2, 0.25) is 12.3 Å². The number of carbonyl (C=O) groups excluding carboxylic acids is 2.